The summed E-state index contributed by atoms with van der Waals surface area (Å²) in [7, 11) is -0.198. The standard InChI is InChI=1S/C29H34N4O6S/c1-4-32-23-14-7-6-13-22(23)29(28(32)37)24(26(35)27(36)33(29)18-17-30(2)3)25(34)20-11-10-12-21(19-20)40(38,39)31-15-8-5-9-16-31/h6-7,10-14,19,34H,4-5,8-9,15-18H2,1-3H3/b25-24+. The lowest BCUT2D eigenvalue weighted by atomic mass is 9.82. The number of sulfonamides is 1. The van der Waals surface area contributed by atoms with Crippen molar-refractivity contribution in [3.05, 3.63) is 65.2 Å². The van der Waals surface area contributed by atoms with E-state index in [4.69, 9.17) is 0 Å². The molecule has 5 rings (SSSR count). The summed E-state index contributed by atoms with van der Waals surface area (Å²) in [5.74, 6) is -2.96. The van der Waals surface area contributed by atoms with Gasteiger partial charge >= 0.3 is 0 Å². The Balaban J connectivity index is 1.72. The Hall–Kier alpha value is -3.54. The lowest BCUT2D eigenvalue weighted by Gasteiger charge is -2.35. The summed E-state index contributed by atoms with van der Waals surface area (Å²) in [5, 5.41) is 11.7. The van der Waals surface area contributed by atoms with Gasteiger partial charge in [0, 0.05) is 43.9 Å². The topological polar surface area (TPSA) is 119 Å². The molecule has 40 heavy (non-hydrogen) atoms. The van der Waals surface area contributed by atoms with E-state index in [9.17, 15) is 27.9 Å². The van der Waals surface area contributed by atoms with Crippen LogP contribution in [0.15, 0.2) is 59.0 Å². The number of hydrogen-bond acceptors (Lipinski definition) is 7. The third-order valence-electron chi connectivity index (χ3n) is 7.96. The highest BCUT2D eigenvalue weighted by molar-refractivity contribution is 7.89. The Labute approximate surface area is 234 Å². The largest absolute Gasteiger partial charge is 0.507 e. The van der Waals surface area contributed by atoms with E-state index in [1.165, 1.54) is 38.4 Å². The van der Waals surface area contributed by atoms with Crippen LogP contribution in [0.4, 0.5) is 5.69 Å². The van der Waals surface area contributed by atoms with Crippen molar-refractivity contribution < 1.29 is 27.9 Å². The second kappa shape index (κ2) is 10.5. The Bertz CT molecular complexity index is 1510. The lowest BCUT2D eigenvalue weighted by molar-refractivity contribution is -0.143. The van der Waals surface area contributed by atoms with Crippen molar-refractivity contribution in [2.45, 2.75) is 36.6 Å². The number of carbonyl (C=O) groups excluding carboxylic acids is 3. The molecular formula is C29H34N4O6S. The molecule has 3 heterocycles. The number of amides is 2. The molecule has 2 fully saturated rings. The van der Waals surface area contributed by atoms with Crippen molar-refractivity contribution >= 4 is 39.1 Å². The van der Waals surface area contributed by atoms with E-state index in [-0.39, 0.29) is 22.6 Å². The summed E-state index contributed by atoms with van der Waals surface area (Å²) >= 11 is 0. The molecular weight excluding hydrogens is 532 g/mol. The van der Waals surface area contributed by atoms with Crippen molar-refractivity contribution in [2.75, 3.05) is 51.7 Å². The third kappa shape index (κ3) is 4.15. The number of benzene rings is 2. The molecule has 1 atom stereocenters. The van der Waals surface area contributed by atoms with Crippen molar-refractivity contribution in [3.8, 4) is 0 Å². The zero-order chi connectivity index (χ0) is 28.8. The van der Waals surface area contributed by atoms with Gasteiger partial charge < -0.3 is 19.8 Å². The normalized spacial score (nSPS) is 23.1. The molecule has 2 aromatic carbocycles. The lowest BCUT2D eigenvalue weighted by Crippen LogP contribution is -2.53. The molecule has 0 aromatic heterocycles. The minimum Gasteiger partial charge on any atom is -0.507 e. The van der Waals surface area contributed by atoms with E-state index in [1.54, 1.807) is 31.2 Å². The van der Waals surface area contributed by atoms with Gasteiger partial charge in [-0.25, -0.2) is 8.42 Å². The zero-order valence-electron chi connectivity index (χ0n) is 23.0. The Kier molecular flexibility index (Phi) is 7.32. The second-order valence-electron chi connectivity index (χ2n) is 10.6. The highest BCUT2D eigenvalue weighted by Gasteiger charge is 2.66. The number of nitrogens with zero attached hydrogens (tertiary/aromatic N) is 4. The molecule has 0 radical (unpaired) electrons. The molecule has 3 aliphatic heterocycles. The van der Waals surface area contributed by atoms with Gasteiger partial charge in [-0.2, -0.15) is 4.31 Å². The van der Waals surface area contributed by atoms with Gasteiger partial charge in [0.25, 0.3) is 17.6 Å². The molecule has 0 bridgehead atoms. The molecule has 212 valence electrons. The summed E-state index contributed by atoms with van der Waals surface area (Å²) in [6.07, 6.45) is 2.50. The average Bonchev–Trinajstić information content (AvgIpc) is 3.34. The average molecular weight is 567 g/mol. The number of Topliss-reactive ketones (excluding diaryl/α,β-unsaturated/α-hetero) is 1. The van der Waals surface area contributed by atoms with E-state index in [0.29, 0.717) is 37.4 Å². The summed E-state index contributed by atoms with van der Waals surface area (Å²) < 4.78 is 28.2. The molecule has 0 saturated carbocycles. The van der Waals surface area contributed by atoms with Crippen molar-refractivity contribution in [1.29, 1.82) is 0 Å². The molecule has 2 aromatic rings. The molecule has 1 unspecified atom stereocenters. The van der Waals surface area contributed by atoms with E-state index >= 15 is 0 Å². The van der Waals surface area contributed by atoms with Gasteiger partial charge in [0.2, 0.25) is 10.0 Å². The fraction of sp³-hybridized carbons (Fsp3) is 0.414. The van der Waals surface area contributed by atoms with Crippen LogP contribution in [0.3, 0.4) is 0 Å². The number of likely N-dealkylation sites (N-methyl/N-ethyl adjacent to an activating group) is 2. The van der Waals surface area contributed by atoms with Gasteiger partial charge in [-0.3, -0.25) is 14.4 Å². The Morgan fingerprint density at radius 3 is 2.38 bits per heavy atom. The van der Waals surface area contributed by atoms with Gasteiger partial charge in [0.05, 0.1) is 16.2 Å². The summed E-state index contributed by atoms with van der Waals surface area (Å²) in [6.45, 7) is 3.35. The zero-order valence-corrected chi connectivity index (χ0v) is 23.8. The molecule has 2 saturated heterocycles. The molecule has 0 aliphatic carbocycles. The van der Waals surface area contributed by atoms with Gasteiger partial charge in [-0.05, 0) is 52.1 Å². The molecule has 3 aliphatic rings. The number of fused-ring (bicyclic) bond motifs is 2. The second-order valence-corrected chi connectivity index (χ2v) is 12.5. The van der Waals surface area contributed by atoms with Gasteiger partial charge in [0.15, 0.2) is 5.54 Å². The first-order valence-electron chi connectivity index (χ1n) is 13.5. The Morgan fingerprint density at radius 1 is 1.00 bits per heavy atom. The molecule has 1 N–H and O–H groups in total. The summed E-state index contributed by atoms with van der Waals surface area (Å²) in [5.41, 5.74) is -1.19. The number of piperidine rings is 1. The van der Waals surface area contributed by atoms with Gasteiger partial charge in [-0.1, -0.05) is 36.8 Å². The number of ketones is 1. The van der Waals surface area contributed by atoms with Crippen LogP contribution in [0, 0.1) is 0 Å². The van der Waals surface area contributed by atoms with Crippen molar-refractivity contribution in [1.82, 2.24) is 14.1 Å². The predicted octanol–water partition coefficient (Wildman–Crippen LogP) is 2.37. The number of hydrogen-bond donors (Lipinski definition) is 1. The van der Waals surface area contributed by atoms with E-state index in [2.05, 4.69) is 0 Å². The van der Waals surface area contributed by atoms with Crippen LogP contribution < -0.4 is 4.90 Å². The van der Waals surface area contributed by atoms with Crippen LogP contribution in [0.2, 0.25) is 0 Å². The first-order valence-corrected chi connectivity index (χ1v) is 15.0. The summed E-state index contributed by atoms with van der Waals surface area (Å²) in [6, 6.07) is 12.7. The van der Waals surface area contributed by atoms with Crippen LogP contribution in [-0.4, -0.2) is 92.0 Å². The molecule has 11 heteroatoms. The third-order valence-corrected chi connectivity index (χ3v) is 9.85. The predicted molar refractivity (Wildman–Crippen MR) is 150 cm³/mol. The number of carbonyl (C=O) groups is 3. The van der Waals surface area contributed by atoms with E-state index < -0.39 is 38.9 Å². The molecule has 1 spiro atoms. The minimum atomic E-state index is -3.84. The molecule has 10 nitrogen and oxygen atoms in total. The number of anilines is 1. The fourth-order valence-corrected chi connectivity index (χ4v) is 7.55. The smallest absolute Gasteiger partial charge is 0.296 e. The maximum absolute atomic E-state index is 14.3. The number of rotatable bonds is 7. The SMILES string of the molecule is CCN1C(=O)C2(/C(=C(/O)c3cccc(S(=O)(=O)N4CCCCC4)c3)C(=O)C(=O)N2CCN(C)C)c2ccccc21. The highest BCUT2D eigenvalue weighted by atomic mass is 32.2. The fourth-order valence-electron chi connectivity index (χ4n) is 5.98. The van der Waals surface area contributed by atoms with Gasteiger partial charge in [-0.15, -0.1) is 0 Å². The van der Waals surface area contributed by atoms with E-state index in [0.717, 1.165) is 19.3 Å². The van der Waals surface area contributed by atoms with Crippen LogP contribution in [-0.2, 0) is 29.9 Å². The van der Waals surface area contributed by atoms with Crippen molar-refractivity contribution in [3.63, 3.8) is 0 Å². The first-order chi connectivity index (χ1) is 19.1. The Morgan fingerprint density at radius 2 is 1.70 bits per heavy atom. The quantitative estimate of drug-likeness (QED) is 0.311. The minimum absolute atomic E-state index is 0.0253. The summed E-state index contributed by atoms with van der Waals surface area (Å²) in [4.78, 5) is 46.1. The van der Waals surface area contributed by atoms with Crippen LogP contribution in [0.25, 0.3) is 5.76 Å². The maximum Gasteiger partial charge on any atom is 0.296 e. The highest BCUT2D eigenvalue weighted by Crippen LogP contribution is 2.53. The first kappa shape index (κ1) is 28.0. The maximum atomic E-state index is 14.3. The van der Waals surface area contributed by atoms with Crippen LogP contribution >= 0.6 is 0 Å². The van der Waals surface area contributed by atoms with Crippen LogP contribution in [0.1, 0.15) is 37.3 Å². The number of aliphatic hydroxyl groups is 1. The number of para-hydroxylation sites is 1. The number of likely N-dealkylation sites (tertiary alicyclic amines) is 1. The van der Waals surface area contributed by atoms with Crippen molar-refractivity contribution in [2.24, 2.45) is 0 Å². The van der Waals surface area contributed by atoms with E-state index in [1.807, 2.05) is 19.0 Å². The monoisotopic (exact) mass is 566 g/mol. The van der Waals surface area contributed by atoms with Crippen LogP contribution in [0.5, 0.6) is 0 Å². The van der Waals surface area contributed by atoms with Gasteiger partial charge in [0.1, 0.15) is 5.76 Å². The molecule has 2 amide bonds. The number of aliphatic hydroxyl groups excluding tert-OH is 1.